The molecule has 5 nitrogen and oxygen atoms in total. The van der Waals surface area contributed by atoms with Gasteiger partial charge in [0.15, 0.2) is 0 Å². The number of nitrogens with two attached hydrogens (primary N) is 1. The number of sulfonamides is 1. The highest BCUT2D eigenvalue weighted by molar-refractivity contribution is 7.89. The van der Waals surface area contributed by atoms with Crippen LogP contribution >= 0.6 is 0 Å². The molecule has 1 fully saturated rings. The molecule has 96 valence electrons. The van der Waals surface area contributed by atoms with Crippen LogP contribution in [0, 0.1) is 5.92 Å². The summed E-state index contributed by atoms with van der Waals surface area (Å²) in [7, 11) is -1.82. The van der Waals surface area contributed by atoms with E-state index in [1.54, 1.807) is 6.92 Å². The molecule has 0 aromatic heterocycles. The van der Waals surface area contributed by atoms with E-state index in [1.807, 2.05) is 6.92 Å². The SMILES string of the molecule is COC(C)CS(=O)(=O)NC(C)(CN)C1CC1. The van der Waals surface area contributed by atoms with Crippen molar-refractivity contribution in [1.82, 2.24) is 4.72 Å². The third-order valence-electron chi connectivity index (χ3n) is 3.15. The summed E-state index contributed by atoms with van der Waals surface area (Å²) in [6.45, 7) is 3.94. The van der Waals surface area contributed by atoms with Crippen LogP contribution in [0.15, 0.2) is 0 Å². The van der Waals surface area contributed by atoms with Crippen molar-refractivity contribution >= 4 is 10.0 Å². The molecule has 0 spiro atoms. The Morgan fingerprint density at radius 2 is 2.12 bits per heavy atom. The van der Waals surface area contributed by atoms with Crippen LogP contribution in [0.4, 0.5) is 0 Å². The van der Waals surface area contributed by atoms with E-state index in [0.29, 0.717) is 12.5 Å². The molecule has 1 saturated carbocycles. The highest BCUT2D eigenvalue weighted by Crippen LogP contribution is 2.39. The Morgan fingerprint density at radius 1 is 1.56 bits per heavy atom. The quantitative estimate of drug-likeness (QED) is 0.670. The monoisotopic (exact) mass is 250 g/mol. The zero-order valence-corrected chi connectivity index (χ0v) is 11.0. The van der Waals surface area contributed by atoms with Crippen molar-refractivity contribution < 1.29 is 13.2 Å². The molecule has 0 heterocycles. The maximum Gasteiger partial charge on any atom is 0.214 e. The smallest absolute Gasteiger partial charge is 0.214 e. The van der Waals surface area contributed by atoms with Gasteiger partial charge in [-0.15, -0.1) is 0 Å². The summed E-state index contributed by atoms with van der Waals surface area (Å²) in [5.74, 6) is 0.358. The van der Waals surface area contributed by atoms with Gasteiger partial charge in [0.2, 0.25) is 10.0 Å². The second-order valence-corrected chi connectivity index (χ2v) is 6.59. The Hall–Kier alpha value is -0.170. The van der Waals surface area contributed by atoms with Gasteiger partial charge < -0.3 is 10.5 Å². The fourth-order valence-corrected chi connectivity index (χ4v) is 3.58. The minimum absolute atomic E-state index is 0.0220. The Labute approximate surface area is 97.8 Å². The van der Waals surface area contributed by atoms with Gasteiger partial charge in [0, 0.05) is 19.2 Å². The van der Waals surface area contributed by atoms with Crippen LogP contribution in [0.1, 0.15) is 26.7 Å². The van der Waals surface area contributed by atoms with Crippen molar-refractivity contribution in [2.24, 2.45) is 11.7 Å². The van der Waals surface area contributed by atoms with E-state index in [2.05, 4.69) is 4.72 Å². The Morgan fingerprint density at radius 3 is 2.50 bits per heavy atom. The van der Waals surface area contributed by atoms with Crippen molar-refractivity contribution in [3.8, 4) is 0 Å². The lowest BCUT2D eigenvalue weighted by Gasteiger charge is -2.29. The topological polar surface area (TPSA) is 81.4 Å². The van der Waals surface area contributed by atoms with Crippen LogP contribution in [0.5, 0.6) is 0 Å². The predicted octanol–water partition coefficient (Wildman–Crippen LogP) is 0.0681. The van der Waals surface area contributed by atoms with Crippen LogP contribution in [-0.4, -0.2) is 39.5 Å². The fraction of sp³-hybridized carbons (Fsp3) is 1.00. The third kappa shape index (κ3) is 3.69. The highest BCUT2D eigenvalue weighted by Gasteiger charge is 2.43. The lowest BCUT2D eigenvalue weighted by molar-refractivity contribution is 0.135. The van der Waals surface area contributed by atoms with E-state index in [4.69, 9.17) is 10.5 Å². The van der Waals surface area contributed by atoms with Crippen LogP contribution in [-0.2, 0) is 14.8 Å². The van der Waals surface area contributed by atoms with E-state index < -0.39 is 15.6 Å². The number of nitrogens with one attached hydrogen (secondary N) is 1. The molecule has 1 aliphatic carbocycles. The standard InChI is InChI=1S/C10H22N2O3S/c1-8(15-3)6-16(13,14)12-10(2,7-11)9-4-5-9/h8-9,12H,4-7,11H2,1-3H3. The van der Waals surface area contributed by atoms with Gasteiger partial charge in [0.25, 0.3) is 0 Å². The maximum atomic E-state index is 11.9. The van der Waals surface area contributed by atoms with Crippen molar-refractivity contribution in [2.45, 2.75) is 38.3 Å². The molecule has 2 unspecified atom stereocenters. The minimum Gasteiger partial charge on any atom is -0.381 e. The maximum absolute atomic E-state index is 11.9. The lowest BCUT2D eigenvalue weighted by Crippen LogP contribution is -2.54. The summed E-state index contributed by atoms with van der Waals surface area (Å²) in [6.07, 6.45) is 1.80. The zero-order chi connectivity index (χ0) is 12.4. The molecule has 0 aliphatic heterocycles. The van der Waals surface area contributed by atoms with Crippen LogP contribution in [0.3, 0.4) is 0 Å². The summed E-state index contributed by atoms with van der Waals surface area (Å²) >= 11 is 0. The summed E-state index contributed by atoms with van der Waals surface area (Å²) in [6, 6.07) is 0. The first-order valence-electron chi connectivity index (χ1n) is 5.57. The molecule has 3 N–H and O–H groups in total. The number of ether oxygens (including phenoxy) is 1. The Bertz CT molecular complexity index is 327. The number of hydrogen-bond acceptors (Lipinski definition) is 4. The number of rotatable bonds is 7. The lowest BCUT2D eigenvalue weighted by atomic mass is 9.98. The molecule has 16 heavy (non-hydrogen) atoms. The van der Waals surface area contributed by atoms with Gasteiger partial charge in [0.05, 0.1) is 11.9 Å². The average molecular weight is 250 g/mol. The van der Waals surface area contributed by atoms with Crippen LogP contribution in [0.25, 0.3) is 0 Å². The zero-order valence-electron chi connectivity index (χ0n) is 10.2. The normalized spacial score (nSPS) is 22.8. The van der Waals surface area contributed by atoms with Crippen molar-refractivity contribution in [3.05, 3.63) is 0 Å². The third-order valence-corrected chi connectivity index (χ3v) is 4.83. The first-order chi connectivity index (χ1) is 7.33. The van der Waals surface area contributed by atoms with E-state index in [1.165, 1.54) is 7.11 Å². The van der Waals surface area contributed by atoms with E-state index in [-0.39, 0.29) is 11.9 Å². The molecule has 0 aromatic rings. The van der Waals surface area contributed by atoms with Crippen molar-refractivity contribution in [1.29, 1.82) is 0 Å². The van der Waals surface area contributed by atoms with Gasteiger partial charge in [-0.1, -0.05) is 0 Å². The van der Waals surface area contributed by atoms with Gasteiger partial charge in [0.1, 0.15) is 0 Å². The molecular formula is C10H22N2O3S. The molecule has 1 aliphatic rings. The van der Waals surface area contributed by atoms with Gasteiger partial charge in [-0.25, -0.2) is 13.1 Å². The molecule has 0 saturated heterocycles. The molecule has 2 atom stereocenters. The number of methoxy groups -OCH3 is 1. The molecular weight excluding hydrogens is 228 g/mol. The summed E-state index contributed by atoms with van der Waals surface area (Å²) in [4.78, 5) is 0. The van der Waals surface area contributed by atoms with Gasteiger partial charge in [-0.05, 0) is 32.6 Å². The van der Waals surface area contributed by atoms with Crippen LogP contribution in [0.2, 0.25) is 0 Å². The first-order valence-corrected chi connectivity index (χ1v) is 7.22. The summed E-state index contributed by atoms with van der Waals surface area (Å²) in [5.41, 5.74) is 5.17. The Kier molecular flexibility index (Phi) is 4.34. The van der Waals surface area contributed by atoms with E-state index in [9.17, 15) is 8.42 Å². The van der Waals surface area contributed by atoms with Gasteiger partial charge >= 0.3 is 0 Å². The predicted molar refractivity (Wildman–Crippen MR) is 63.6 cm³/mol. The molecule has 6 heteroatoms. The molecule has 1 rings (SSSR count). The fourth-order valence-electron chi connectivity index (χ4n) is 1.79. The van der Waals surface area contributed by atoms with Crippen LogP contribution < -0.4 is 10.5 Å². The summed E-state index contributed by atoms with van der Waals surface area (Å²) in [5, 5.41) is 0. The second kappa shape index (κ2) is 5.00. The molecule has 0 amide bonds. The van der Waals surface area contributed by atoms with E-state index in [0.717, 1.165) is 12.8 Å². The van der Waals surface area contributed by atoms with Gasteiger partial charge in [-0.3, -0.25) is 0 Å². The molecule has 0 radical (unpaired) electrons. The first kappa shape index (κ1) is 13.9. The Balaban J connectivity index is 2.63. The molecule has 0 bridgehead atoms. The average Bonchev–Trinajstić information content (AvgIpc) is 2.99. The summed E-state index contributed by atoms with van der Waals surface area (Å²) < 4.78 is 31.4. The van der Waals surface area contributed by atoms with Crippen molar-refractivity contribution in [3.63, 3.8) is 0 Å². The van der Waals surface area contributed by atoms with Crippen molar-refractivity contribution in [2.75, 3.05) is 19.4 Å². The second-order valence-electron chi connectivity index (χ2n) is 4.83. The van der Waals surface area contributed by atoms with E-state index >= 15 is 0 Å². The highest BCUT2D eigenvalue weighted by atomic mass is 32.2. The molecule has 0 aromatic carbocycles. The van der Waals surface area contributed by atoms with Gasteiger partial charge in [-0.2, -0.15) is 0 Å². The minimum atomic E-state index is -3.32. The number of hydrogen-bond donors (Lipinski definition) is 2. The largest absolute Gasteiger partial charge is 0.381 e.